The summed E-state index contributed by atoms with van der Waals surface area (Å²) in [5, 5.41) is 12.4. The first kappa shape index (κ1) is 13.5. The average molecular weight is 280 g/mol. The second kappa shape index (κ2) is 5.86. The number of nitrogens with one attached hydrogen (secondary N) is 1. The number of hydrogen-bond donors (Lipinski definition) is 1. The third-order valence-corrected chi connectivity index (χ3v) is 3.57. The van der Waals surface area contributed by atoms with E-state index in [0.29, 0.717) is 12.4 Å². The van der Waals surface area contributed by atoms with Crippen molar-refractivity contribution in [2.75, 3.05) is 6.79 Å². The quantitative estimate of drug-likeness (QED) is 0.934. The minimum atomic E-state index is 0.170. The van der Waals surface area contributed by atoms with E-state index in [4.69, 9.17) is 14.7 Å². The van der Waals surface area contributed by atoms with Gasteiger partial charge < -0.3 is 14.8 Å². The highest BCUT2D eigenvalue weighted by molar-refractivity contribution is 5.44. The highest BCUT2D eigenvalue weighted by Crippen LogP contribution is 2.32. The summed E-state index contributed by atoms with van der Waals surface area (Å²) >= 11 is 0. The molecule has 3 rings (SSSR count). The van der Waals surface area contributed by atoms with Crippen molar-refractivity contribution in [3.63, 3.8) is 0 Å². The predicted octanol–water partition coefficient (Wildman–Crippen LogP) is 3.14. The third-order valence-electron chi connectivity index (χ3n) is 3.57. The maximum Gasteiger partial charge on any atom is 0.231 e. The first-order chi connectivity index (χ1) is 10.3. The topological polar surface area (TPSA) is 54.3 Å². The van der Waals surface area contributed by atoms with Crippen LogP contribution >= 0.6 is 0 Å². The molecule has 1 unspecified atom stereocenters. The molecule has 1 heterocycles. The fourth-order valence-electron chi connectivity index (χ4n) is 2.32. The molecule has 1 atom stereocenters. The van der Waals surface area contributed by atoms with Gasteiger partial charge in [0.15, 0.2) is 11.5 Å². The Kier molecular flexibility index (Phi) is 3.76. The van der Waals surface area contributed by atoms with Gasteiger partial charge in [-0.25, -0.2) is 0 Å². The molecule has 0 spiro atoms. The van der Waals surface area contributed by atoms with Gasteiger partial charge >= 0.3 is 0 Å². The van der Waals surface area contributed by atoms with E-state index in [1.54, 1.807) is 0 Å². The zero-order valence-corrected chi connectivity index (χ0v) is 11.8. The van der Waals surface area contributed by atoms with Gasteiger partial charge in [0.2, 0.25) is 6.79 Å². The molecule has 4 nitrogen and oxygen atoms in total. The van der Waals surface area contributed by atoms with Crippen molar-refractivity contribution < 1.29 is 9.47 Å². The molecule has 106 valence electrons. The molecule has 4 heteroatoms. The first-order valence-corrected chi connectivity index (χ1v) is 6.88. The van der Waals surface area contributed by atoms with Crippen LogP contribution in [-0.2, 0) is 6.54 Å². The standard InChI is InChI=1S/C17H16N2O2/c1-12(15-4-2-3-13(7-15)9-18)19-10-14-5-6-16-17(8-14)21-11-20-16/h2-8,12,19H,10-11H2,1H3. The summed E-state index contributed by atoms with van der Waals surface area (Å²) in [7, 11) is 0. The Morgan fingerprint density at radius 1 is 1.19 bits per heavy atom. The lowest BCUT2D eigenvalue weighted by molar-refractivity contribution is 0.174. The Bertz CT molecular complexity index is 691. The number of ether oxygens (including phenoxy) is 2. The SMILES string of the molecule is CC(NCc1ccc2c(c1)OCO2)c1cccc(C#N)c1. The Morgan fingerprint density at radius 2 is 2.05 bits per heavy atom. The molecule has 21 heavy (non-hydrogen) atoms. The predicted molar refractivity (Wildman–Crippen MR) is 79.0 cm³/mol. The second-order valence-electron chi connectivity index (χ2n) is 5.03. The fourth-order valence-corrected chi connectivity index (χ4v) is 2.32. The van der Waals surface area contributed by atoms with Crippen LogP contribution in [0.2, 0.25) is 0 Å². The van der Waals surface area contributed by atoms with Crippen LogP contribution in [0.3, 0.4) is 0 Å². The summed E-state index contributed by atoms with van der Waals surface area (Å²) in [6.45, 7) is 3.11. The number of nitrogens with zero attached hydrogens (tertiary/aromatic N) is 1. The van der Waals surface area contributed by atoms with E-state index in [-0.39, 0.29) is 6.04 Å². The van der Waals surface area contributed by atoms with Gasteiger partial charge in [-0.05, 0) is 42.3 Å². The highest BCUT2D eigenvalue weighted by Gasteiger charge is 2.13. The zero-order valence-electron chi connectivity index (χ0n) is 11.8. The van der Waals surface area contributed by atoms with Crippen LogP contribution in [0.15, 0.2) is 42.5 Å². The normalized spacial score (nSPS) is 13.7. The molecular weight excluding hydrogens is 264 g/mol. The summed E-state index contributed by atoms with van der Waals surface area (Å²) in [6.07, 6.45) is 0. The van der Waals surface area contributed by atoms with Crippen LogP contribution in [-0.4, -0.2) is 6.79 Å². The minimum Gasteiger partial charge on any atom is -0.454 e. The number of hydrogen-bond acceptors (Lipinski definition) is 4. The van der Waals surface area contributed by atoms with Crippen LogP contribution in [0.5, 0.6) is 11.5 Å². The summed E-state index contributed by atoms with van der Waals surface area (Å²) in [5.74, 6) is 1.60. The van der Waals surface area contributed by atoms with Crippen LogP contribution in [0.4, 0.5) is 0 Å². The van der Waals surface area contributed by atoms with Crippen molar-refractivity contribution >= 4 is 0 Å². The summed E-state index contributed by atoms with van der Waals surface area (Å²) in [4.78, 5) is 0. The monoisotopic (exact) mass is 280 g/mol. The molecule has 0 aromatic heterocycles. The molecule has 1 aliphatic heterocycles. The largest absolute Gasteiger partial charge is 0.454 e. The van der Waals surface area contributed by atoms with Crippen molar-refractivity contribution in [2.45, 2.75) is 19.5 Å². The summed E-state index contributed by atoms with van der Waals surface area (Å²) in [6, 6.07) is 16.0. The number of fused-ring (bicyclic) bond motifs is 1. The molecule has 0 fully saturated rings. The van der Waals surface area contributed by atoms with Gasteiger partial charge in [0, 0.05) is 12.6 Å². The van der Waals surface area contributed by atoms with Gasteiger partial charge in [0.25, 0.3) is 0 Å². The van der Waals surface area contributed by atoms with Crippen LogP contribution in [0.25, 0.3) is 0 Å². The maximum absolute atomic E-state index is 8.95. The third kappa shape index (κ3) is 2.99. The number of rotatable bonds is 4. The van der Waals surface area contributed by atoms with Crippen molar-refractivity contribution in [1.82, 2.24) is 5.32 Å². The lowest BCUT2D eigenvalue weighted by Gasteiger charge is -2.14. The molecule has 0 bridgehead atoms. The van der Waals surface area contributed by atoms with Gasteiger partial charge in [0.1, 0.15) is 0 Å². The van der Waals surface area contributed by atoms with Crippen LogP contribution in [0, 0.1) is 11.3 Å². The summed E-state index contributed by atoms with van der Waals surface area (Å²) in [5.41, 5.74) is 2.93. The van der Waals surface area contributed by atoms with Crippen LogP contribution < -0.4 is 14.8 Å². The van der Waals surface area contributed by atoms with E-state index in [2.05, 4.69) is 18.3 Å². The molecule has 0 saturated heterocycles. The Balaban J connectivity index is 1.65. The van der Waals surface area contributed by atoms with E-state index in [0.717, 1.165) is 29.2 Å². The van der Waals surface area contributed by atoms with Crippen molar-refractivity contribution in [1.29, 1.82) is 5.26 Å². The van der Waals surface area contributed by atoms with E-state index >= 15 is 0 Å². The Hall–Kier alpha value is -2.51. The molecule has 0 aliphatic carbocycles. The van der Waals surface area contributed by atoms with E-state index < -0.39 is 0 Å². The Labute approximate surface area is 123 Å². The molecule has 0 amide bonds. The molecule has 0 saturated carbocycles. The van der Waals surface area contributed by atoms with Crippen molar-refractivity contribution in [2.24, 2.45) is 0 Å². The lowest BCUT2D eigenvalue weighted by Crippen LogP contribution is -2.18. The zero-order chi connectivity index (χ0) is 14.7. The molecule has 2 aromatic rings. The van der Waals surface area contributed by atoms with Gasteiger partial charge in [-0.3, -0.25) is 0 Å². The molecule has 1 aliphatic rings. The van der Waals surface area contributed by atoms with E-state index in [1.807, 2.05) is 42.5 Å². The smallest absolute Gasteiger partial charge is 0.231 e. The van der Waals surface area contributed by atoms with E-state index in [1.165, 1.54) is 0 Å². The highest BCUT2D eigenvalue weighted by atomic mass is 16.7. The summed E-state index contributed by atoms with van der Waals surface area (Å²) < 4.78 is 10.7. The Morgan fingerprint density at radius 3 is 2.90 bits per heavy atom. The van der Waals surface area contributed by atoms with Gasteiger partial charge in [-0.1, -0.05) is 18.2 Å². The van der Waals surface area contributed by atoms with E-state index in [9.17, 15) is 0 Å². The average Bonchev–Trinajstić information content (AvgIpc) is 3.00. The van der Waals surface area contributed by atoms with Crippen LogP contribution in [0.1, 0.15) is 29.7 Å². The maximum atomic E-state index is 8.95. The van der Waals surface area contributed by atoms with Gasteiger partial charge in [-0.15, -0.1) is 0 Å². The first-order valence-electron chi connectivity index (χ1n) is 6.88. The van der Waals surface area contributed by atoms with Gasteiger partial charge in [0.05, 0.1) is 11.6 Å². The molecule has 0 radical (unpaired) electrons. The molecule has 2 aromatic carbocycles. The lowest BCUT2D eigenvalue weighted by atomic mass is 10.1. The number of benzene rings is 2. The number of nitriles is 1. The van der Waals surface area contributed by atoms with Crippen molar-refractivity contribution in [3.8, 4) is 17.6 Å². The minimum absolute atomic E-state index is 0.170. The molecular formula is C17H16N2O2. The van der Waals surface area contributed by atoms with Gasteiger partial charge in [-0.2, -0.15) is 5.26 Å². The second-order valence-corrected chi connectivity index (χ2v) is 5.03. The fraction of sp³-hybridized carbons (Fsp3) is 0.235. The molecule has 1 N–H and O–H groups in total. The van der Waals surface area contributed by atoms with Crippen molar-refractivity contribution in [3.05, 3.63) is 59.2 Å².